The smallest absolute Gasteiger partial charge is 0.462 e. The molecule has 0 aliphatic carbocycles. The van der Waals surface area contributed by atoms with Crippen molar-refractivity contribution in [2.24, 2.45) is 11.8 Å². The highest BCUT2D eigenvalue weighted by Crippen LogP contribution is 2.45. The van der Waals surface area contributed by atoms with Gasteiger partial charge >= 0.3 is 39.5 Å². The summed E-state index contributed by atoms with van der Waals surface area (Å²) >= 11 is 0. The van der Waals surface area contributed by atoms with Crippen LogP contribution in [-0.4, -0.2) is 96.7 Å². The maximum absolute atomic E-state index is 13.0. The van der Waals surface area contributed by atoms with Gasteiger partial charge < -0.3 is 33.8 Å². The van der Waals surface area contributed by atoms with E-state index in [0.717, 1.165) is 102 Å². The molecule has 0 aromatic carbocycles. The van der Waals surface area contributed by atoms with Crippen molar-refractivity contribution in [1.82, 2.24) is 0 Å². The van der Waals surface area contributed by atoms with Crippen molar-refractivity contribution in [2.75, 3.05) is 39.6 Å². The number of esters is 4. The lowest BCUT2D eigenvalue weighted by Gasteiger charge is -2.21. The normalized spacial score (nSPS) is 14.4. The monoisotopic (exact) mass is 1310 g/mol. The number of carbonyl (C=O) groups is 4. The largest absolute Gasteiger partial charge is 0.472 e. The zero-order valence-electron chi connectivity index (χ0n) is 57.7. The molecule has 89 heavy (non-hydrogen) atoms. The van der Waals surface area contributed by atoms with E-state index in [4.69, 9.17) is 37.0 Å². The Morgan fingerprint density at radius 2 is 0.573 bits per heavy atom. The third kappa shape index (κ3) is 63.2. The summed E-state index contributed by atoms with van der Waals surface area (Å²) < 4.78 is 68.2. The van der Waals surface area contributed by atoms with Gasteiger partial charge in [-0.2, -0.15) is 0 Å². The third-order valence-corrected chi connectivity index (χ3v) is 18.5. The predicted octanol–water partition coefficient (Wildman–Crippen LogP) is 20.0. The average molecular weight is 1310 g/mol. The molecule has 17 nitrogen and oxygen atoms in total. The molecule has 0 heterocycles. The lowest BCUT2D eigenvalue weighted by Crippen LogP contribution is -2.30. The Kier molecular flexibility index (Phi) is 60.8. The van der Waals surface area contributed by atoms with Crippen molar-refractivity contribution in [1.29, 1.82) is 0 Å². The number of aliphatic hydroxyl groups is 1. The van der Waals surface area contributed by atoms with Gasteiger partial charge in [0.15, 0.2) is 12.2 Å². The van der Waals surface area contributed by atoms with E-state index >= 15 is 0 Å². The van der Waals surface area contributed by atoms with E-state index in [1.807, 2.05) is 0 Å². The van der Waals surface area contributed by atoms with Crippen LogP contribution < -0.4 is 0 Å². The van der Waals surface area contributed by atoms with Crippen molar-refractivity contribution in [3.05, 3.63) is 0 Å². The van der Waals surface area contributed by atoms with Gasteiger partial charge in [-0.3, -0.25) is 37.3 Å². The van der Waals surface area contributed by atoms with Crippen molar-refractivity contribution in [3.63, 3.8) is 0 Å². The molecule has 0 saturated carbocycles. The molecule has 0 amide bonds. The molecule has 0 radical (unpaired) electrons. The van der Waals surface area contributed by atoms with Crippen LogP contribution in [-0.2, 0) is 65.4 Å². The first-order chi connectivity index (χ1) is 42.9. The quantitative estimate of drug-likeness (QED) is 0.0222. The van der Waals surface area contributed by atoms with Gasteiger partial charge in [0, 0.05) is 25.7 Å². The summed E-state index contributed by atoms with van der Waals surface area (Å²) in [6, 6.07) is 0. The maximum atomic E-state index is 13.0. The van der Waals surface area contributed by atoms with Crippen LogP contribution in [0.3, 0.4) is 0 Å². The topological polar surface area (TPSA) is 237 Å². The molecule has 0 aliphatic heterocycles. The van der Waals surface area contributed by atoms with Crippen LogP contribution in [0.25, 0.3) is 0 Å². The van der Waals surface area contributed by atoms with Crippen LogP contribution in [0.15, 0.2) is 0 Å². The third-order valence-electron chi connectivity index (χ3n) is 16.6. The highest BCUT2D eigenvalue weighted by Gasteiger charge is 2.30. The predicted molar refractivity (Wildman–Crippen MR) is 358 cm³/mol. The Bertz CT molecular complexity index is 1740. The van der Waals surface area contributed by atoms with Crippen molar-refractivity contribution >= 4 is 39.5 Å². The van der Waals surface area contributed by atoms with E-state index in [9.17, 15) is 43.2 Å². The zero-order valence-corrected chi connectivity index (χ0v) is 59.5. The highest BCUT2D eigenvalue weighted by atomic mass is 31.2. The molecule has 0 fully saturated rings. The number of hydrogen-bond acceptors (Lipinski definition) is 15. The van der Waals surface area contributed by atoms with E-state index in [-0.39, 0.29) is 25.7 Å². The van der Waals surface area contributed by atoms with Gasteiger partial charge in [0.25, 0.3) is 0 Å². The first kappa shape index (κ1) is 87.1. The average Bonchev–Trinajstić information content (AvgIpc) is 3.66. The molecule has 3 N–H and O–H groups in total. The van der Waals surface area contributed by atoms with Crippen LogP contribution in [0.1, 0.15) is 356 Å². The molecule has 0 spiro atoms. The summed E-state index contributed by atoms with van der Waals surface area (Å²) in [5.41, 5.74) is 0. The Balaban J connectivity index is 5.21. The minimum absolute atomic E-state index is 0.106. The number of hydrogen-bond donors (Lipinski definition) is 3. The van der Waals surface area contributed by atoms with E-state index in [2.05, 4.69) is 41.5 Å². The SMILES string of the molecule is CCCCCCCCCCCC(=O)OC[C@H](COP(=O)(O)OC[C@H](O)COP(=O)(O)OC[C@@H](COC(=O)CCCCCCCCCCCCC(C)C)OC(=O)CCCCCCCCCCCCCCCCC(C)CC)OC(=O)CCCCCCCCCCC. The molecular formula is C70H136O17P2. The molecule has 3 unspecified atom stereocenters. The second kappa shape index (κ2) is 62.2. The van der Waals surface area contributed by atoms with Gasteiger partial charge in [-0.1, -0.05) is 305 Å². The Hall–Kier alpha value is -1.94. The molecule has 0 aliphatic rings. The summed E-state index contributed by atoms with van der Waals surface area (Å²) in [4.78, 5) is 72.4. The molecular weight excluding hydrogens is 1170 g/mol. The van der Waals surface area contributed by atoms with E-state index in [0.29, 0.717) is 25.7 Å². The summed E-state index contributed by atoms with van der Waals surface area (Å²) in [5, 5.41) is 10.6. The maximum Gasteiger partial charge on any atom is 0.472 e. The molecule has 19 heteroatoms. The number of phosphoric acid groups is 2. The van der Waals surface area contributed by atoms with Crippen molar-refractivity contribution < 1.29 is 80.2 Å². The molecule has 0 aromatic rings. The van der Waals surface area contributed by atoms with Gasteiger partial charge in [-0.25, -0.2) is 9.13 Å². The van der Waals surface area contributed by atoms with Crippen LogP contribution in [0.4, 0.5) is 0 Å². The fourth-order valence-electron chi connectivity index (χ4n) is 10.6. The lowest BCUT2D eigenvalue weighted by atomic mass is 9.99. The summed E-state index contributed by atoms with van der Waals surface area (Å²) in [6.45, 7) is 9.56. The Labute approximate surface area is 543 Å². The second-order valence-electron chi connectivity index (χ2n) is 26.0. The summed E-state index contributed by atoms with van der Waals surface area (Å²) in [7, 11) is -9.89. The Morgan fingerprint density at radius 3 is 0.854 bits per heavy atom. The van der Waals surface area contributed by atoms with E-state index in [1.165, 1.54) is 173 Å². The van der Waals surface area contributed by atoms with Crippen molar-refractivity contribution in [3.8, 4) is 0 Å². The molecule has 0 bridgehead atoms. The van der Waals surface area contributed by atoms with Crippen LogP contribution in [0, 0.1) is 11.8 Å². The first-order valence-corrected chi connectivity index (χ1v) is 39.5. The van der Waals surface area contributed by atoms with Crippen LogP contribution in [0.2, 0.25) is 0 Å². The van der Waals surface area contributed by atoms with Gasteiger partial charge in [0.05, 0.1) is 26.4 Å². The minimum Gasteiger partial charge on any atom is -0.462 e. The lowest BCUT2D eigenvalue weighted by molar-refractivity contribution is -0.161. The van der Waals surface area contributed by atoms with Gasteiger partial charge in [0.2, 0.25) is 0 Å². The number of unbranched alkanes of at least 4 members (excludes halogenated alkanes) is 38. The number of ether oxygens (including phenoxy) is 4. The minimum atomic E-state index is -4.95. The standard InChI is InChI=1S/C70H136O17P2/c1-7-10-12-14-16-26-34-40-46-52-67(72)80-58-65(86-69(74)54-48-42-36-27-17-15-13-11-8-2)60-84-88(76,77)82-56-64(71)57-83-89(78,79)85-61-66(59-81-68(73)53-47-41-35-30-25-24-28-32-38-44-50-62(4)5)87-70(75)55-49-43-37-31-23-21-19-18-20-22-29-33-39-45-51-63(6)9-3/h62-66,71H,7-61H2,1-6H3,(H,76,77)(H,78,79)/t63?,64-,65+,66+/m0/s1. The van der Waals surface area contributed by atoms with E-state index < -0.39 is 97.5 Å². The fraction of sp³-hybridized carbons (Fsp3) is 0.943. The number of aliphatic hydroxyl groups excluding tert-OH is 1. The van der Waals surface area contributed by atoms with Gasteiger partial charge in [-0.15, -0.1) is 0 Å². The number of phosphoric ester groups is 2. The zero-order chi connectivity index (χ0) is 65.7. The second-order valence-corrected chi connectivity index (χ2v) is 28.9. The molecule has 0 rings (SSSR count). The molecule has 0 saturated heterocycles. The first-order valence-electron chi connectivity index (χ1n) is 36.5. The van der Waals surface area contributed by atoms with Crippen LogP contribution >= 0.6 is 15.6 Å². The molecule has 528 valence electrons. The number of carbonyl (C=O) groups excluding carboxylic acids is 4. The summed E-state index contributed by atoms with van der Waals surface area (Å²) in [5.74, 6) is -0.522. The molecule has 6 atom stereocenters. The van der Waals surface area contributed by atoms with Crippen LogP contribution in [0.5, 0.6) is 0 Å². The van der Waals surface area contributed by atoms with Gasteiger partial charge in [-0.05, 0) is 37.5 Å². The molecule has 0 aromatic heterocycles. The fourth-order valence-corrected chi connectivity index (χ4v) is 12.1. The van der Waals surface area contributed by atoms with Gasteiger partial charge in [0.1, 0.15) is 19.3 Å². The van der Waals surface area contributed by atoms with Crippen molar-refractivity contribution in [2.45, 2.75) is 374 Å². The Morgan fingerprint density at radius 1 is 0.326 bits per heavy atom. The highest BCUT2D eigenvalue weighted by molar-refractivity contribution is 7.47. The van der Waals surface area contributed by atoms with E-state index in [1.54, 1.807) is 0 Å². The number of rotatable bonds is 69. The summed E-state index contributed by atoms with van der Waals surface area (Å²) in [6.07, 6.45) is 47.1.